The monoisotopic (exact) mass is 247 g/mol. The first-order valence-corrected chi connectivity index (χ1v) is 6.60. The van der Waals surface area contributed by atoms with Gasteiger partial charge in [0, 0.05) is 23.8 Å². The van der Waals surface area contributed by atoms with Crippen LogP contribution in [0.4, 0.5) is 5.69 Å². The number of hydrazine groups is 1. The van der Waals surface area contributed by atoms with E-state index in [4.69, 9.17) is 5.84 Å². The predicted octanol–water partition coefficient (Wildman–Crippen LogP) is 2.38. The van der Waals surface area contributed by atoms with Crippen molar-refractivity contribution in [3.63, 3.8) is 0 Å². The highest BCUT2D eigenvalue weighted by Gasteiger charge is 2.22. The number of nitrogens with two attached hydrogens (primary N) is 1. The van der Waals surface area contributed by atoms with Gasteiger partial charge in [0.25, 0.3) is 5.91 Å². The number of carbonyl (C=O) groups excluding carboxylic acids is 1. The summed E-state index contributed by atoms with van der Waals surface area (Å²) < 4.78 is 0. The van der Waals surface area contributed by atoms with Gasteiger partial charge in [-0.15, -0.1) is 0 Å². The molecule has 3 N–H and O–H groups in total. The van der Waals surface area contributed by atoms with Crippen LogP contribution in [0.25, 0.3) is 0 Å². The average molecular weight is 247 g/mol. The number of nitrogens with zero attached hydrogens (tertiary/aromatic N) is 1. The minimum atomic E-state index is 0.132. The van der Waals surface area contributed by atoms with E-state index in [1.54, 1.807) is 0 Å². The number of carbonyl (C=O) groups is 1. The molecule has 0 radical (unpaired) electrons. The second-order valence-electron chi connectivity index (χ2n) is 4.92. The quantitative estimate of drug-likeness (QED) is 0.623. The van der Waals surface area contributed by atoms with Crippen LogP contribution in [0.5, 0.6) is 0 Å². The molecule has 1 atom stereocenters. The minimum absolute atomic E-state index is 0.132. The zero-order chi connectivity index (χ0) is 13.0. The van der Waals surface area contributed by atoms with E-state index < -0.39 is 0 Å². The number of hydrogen-bond acceptors (Lipinski definition) is 3. The van der Waals surface area contributed by atoms with Gasteiger partial charge in [-0.1, -0.05) is 12.8 Å². The standard InChI is InChI=1S/C14H21N3O/c1-11-5-3-2-4-10-17(11)14(18)12-6-8-13(16-15)9-7-12/h6-9,11,16H,2-5,10,15H2,1H3. The Hall–Kier alpha value is -1.55. The molecule has 0 aromatic heterocycles. The van der Waals surface area contributed by atoms with E-state index in [2.05, 4.69) is 12.3 Å². The molecule has 2 rings (SSSR count). The van der Waals surface area contributed by atoms with Crippen molar-refractivity contribution >= 4 is 11.6 Å². The van der Waals surface area contributed by atoms with Gasteiger partial charge in [0.15, 0.2) is 0 Å². The second kappa shape index (κ2) is 5.87. The third-order valence-corrected chi connectivity index (χ3v) is 3.61. The van der Waals surface area contributed by atoms with Gasteiger partial charge < -0.3 is 10.3 Å². The number of hydrogen-bond donors (Lipinski definition) is 2. The molecule has 98 valence electrons. The van der Waals surface area contributed by atoms with E-state index in [-0.39, 0.29) is 5.91 Å². The van der Waals surface area contributed by atoms with Crippen LogP contribution in [0, 0.1) is 0 Å². The van der Waals surface area contributed by atoms with Crippen LogP contribution in [-0.4, -0.2) is 23.4 Å². The summed E-state index contributed by atoms with van der Waals surface area (Å²) in [4.78, 5) is 14.4. The molecule has 0 saturated carbocycles. The fourth-order valence-electron chi connectivity index (χ4n) is 2.45. The number of likely N-dealkylation sites (tertiary alicyclic amines) is 1. The molecule has 18 heavy (non-hydrogen) atoms. The fourth-order valence-corrected chi connectivity index (χ4v) is 2.45. The maximum atomic E-state index is 12.4. The Morgan fingerprint density at radius 2 is 2.00 bits per heavy atom. The van der Waals surface area contributed by atoms with Crippen LogP contribution in [0.3, 0.4) is 0 Å². The molecule has 1 fully saturated rings. The van der Waals surface area contributed by atoms with Crippen LogP contribution in [0.1, 0.15) is 43.0 Å². The Morgan fingerprint density at radius 3 is 2.67 bits per heavy atom. The predicted molar refractivity (Wildman–Crippen MR) is 73.2 cm³/mol. The first kappa shape index (κ1) is 12.9. The van der Waals surface area contributed by atoms with Crippen molar-refractivity contribution in [1.29, 1.82) is 0 Å². The summed E-state index contributed by atoms with van der Waals surface area (Å²) in [6, 6.07) is 7.66. The highest BCUT2D eigenvalue weighted by molar-refractivity contribution is 5.94. The fraction of sp³-hybridized carbons (Fsp3) is 0.500. The number of anilines is 1. The van der Waals surface area contributed by atoms with E-state index in [1.165, 1.54) is 12.8 Å². The SMILES string of the molecule is CC1CCCCCN1C(=O)c1ccc(NN)cc1. The lowest BCUT2D eigenvalue weighted by molar-refractivity contribution is 0.0698. The van der Waals surface area contributed by atoms with Crippen LogP contribution in [-0.2, 0) is 0 Å². The Labute approximate surface area is 108 Å². The molecule has 1 aromatic carbocycles. The number of amides is 1. The highest BCUT2D eigenvalue weighted by atomic mass is 16.2. The molecule has 1 aliphatic heterocycles. The van der Waals surface area contributed by atoms with E-state index in [9.17, 15) is 4.79 Å². The Bertz CT molecular complexity index is 402. The normalized spacial score (nSPS) is 20.3. The van der Waals surface area contributed by atoms with Crippen molar-refractivity contribution < 1.29 is 4.79 Å². The van der Waals surface area contributed by atoms with E-state index >= 15 is 0 Å². The molecule has 1 saturated heterocycles. The summed E-state index contributed by atoms with van der Waals surface area (Å²) in [6.45, 7) is 3.01. The van der Waals surface area contributed by atoms with Gasteiger partial charge in [-0.3, -0.25) is 10.6 Å². The van der Waals surface area contributed by atoms with Gasteiger partial charge >= 0.3 is 0 Å². The lowest BCUT2D eigenvalue weighted by Gasteiger charge is -2.27. The van der Waals surface area contributed by atoms with E-state index in [1.807, 2.05) is 29.2 Å². The van der Waals surface area contributed by atoms with Crippen molar-refractivity contribution in [2.45, 2.75) is 38.6 Å². The molecule has 0 aliphatic carbocycles. The summed E-state index contributed by atoms with van der Waals surface area (Å²) in [5, 5.41) is 0. The van der Waals surface area contributed by atoms with Crippen molar-refractivity contribution in [2.75, 3.05) is 12.0 Å². The summed E-state index contributed by atoms with van der Waals surface area (Å²) in [5.41, 5.74) is 4.12. The van der Waals surface area contributed by atoms with Crippen LogP contribution >= 0.6 is 0 Å². The average Bonchev–Trinajstić information content (AvgIpc) is 2.63. The molecule has 1 unspecified atom stereocenters. The molecular formula is C14H21N3O. The van der Waals surface area contributed by atoms with Gasteiger partial charge in [0.2, 0.25) is 0 Å². The molecule has 4 heteroatoms. The van der Waals surface area contributed by atoms with Gasteiger partial charge in [0.1, 0.15) is 0 Å². The zero-order valence-electron chi connectivity index (χ0n) is 10.9. The van der Waals surface area contributed by atoms with Crippen molar-refractivity contribution in [3.05, 3.63) is 29.8 Å². The molecule has 0 bridgehead atoms. The van der Waals surface area contributed by atoms with Gasteiger partial charge in [-0.2, -0.15) is 0 Å². The highest BCUT2D eigenvalue weighted by Crippen LogP contribution is 2.19. The van der Waals surface area contributed by atoms with Gasteiger partial charge in [-0.25, -0.2) is 0 Å². The Kier molecular flexibility index (Phi) is 4.20. The van der Waals surface area contributed by atoms with Gasteiger partial charge in [0.05, 0.1) is 0 Å². The summed E-state index contributed by atoms with van der Waals surface area (Å²) >= 11 is 0. The van der Waals surface area contributed by atoms with Gasteiger partial charge in [-0.05, 0) is 44.0 Å². The van der Waals surface area contributed by atoms with Crippen LogP contribution in [0.2, 0.25) is 0 Å². The maximum absolute atomic E-state index is 12.4. The van der Waals surface area contributed by atoms with Crippen molar-refractivity contribution in [3.8, 4) is 0 Å². The number of nitrogens with one attached hydrogen (secondary N) is 1. The van der Waals surface area contributed by atoms with Crippen LogP contribution in [0.15, 0.2) is 24.3 Å². The third-order valence-electron chi connectivity index (χ3n) is 3.61. The zero-order valence-corrected chi connectivity index (χ0v) is 10.9. The molecule has 1 amide bonds. The van der Waals surface area contributed by atoms with E-state index in [0.29, 0.717) is 6.04 Å². The Morgan fingerprint density at radius 1 is 1.28 bits per heavy atom. The number of benzene rings is 1. The topological polar surface area (TPSA) is 58.4 Å². The van der Waals surface area contributed by atoms with Crippen LogP contribution < -0.4 is 11.3 Å². The summed E-state index contributed by atoms with van der Waals surface area (Å²) in [6.07, 6.45) is 4.66. The van der Waals surface area contributed by atoms with Crippen molar-refractivity contribution in [2.24, 2.45) is 5.84 Å². The maximum Gasteiger partial charge on any atom is 0.254 e. The van der Waals surface area contributed by atoms with Crippen molar-refractivity contribution in [1.82, 2.24) is 4.90 Å². The number of rotatable bonds is 2. The molecule has 1 aromatic rings. The smallest absolute Gasteiger partial charge is 0.254 e. The summed E-state index contributed by atoms with van der Waals surface area (Å²) in [5.74, 6) is 5.45. The molecule has 0 spiro atoms. The molecule has 1 heterocycles. The lowest BCUT2D eigenvalue weighted by atomic mass is 10.1. The largest absolute Gasteiger partial charge is 0.336 e. The molecule has 4 nitrogen and oxygen atoms in total. The summed E-state index contributed by atoms with van der Waals surface area (Å²) in [7, 11) is 0. The second-order valence-corrected chi connectivity index (χ2v) is 4.92. The minimum Gasteiger partial charge on any atom is -0.336 e. The first-order chi connectivity index (χ1) is 8.72. The Balaban J connectivity index is 2.13. The third kappa shape index (κ3) is 2.82. The number of nitrogen functional groups attached to an aromatic ring is 1. The first-order valence-electron chi connectivity index (χ1n) is 6.60. The molecule has 1 aliphatic rings. The lowest BCUT2D eigenvalue weighted by Crippen LogP contribution is -2.38. The van der Waals surface area contributed by atoms with E-state index in [0.717, 1.165) is 30.6 Å². The molecular weight excluding hydrogens is 226 g/mol.